The number of H-pyrrole nitrogens is 1. The van der Waals surface area contributed by atoms with Crippen LogP contribution in [0.25, 0.3) is 22.2 Å². The van der Waals surface area contributed by atoms with Crippen molar-refractivity contribution >= 4 is 16.8 Å². The van der Waals surface area contributed by atoms with Crippen LogP contribution in [0, 0.1) is 11.6 Å². The largest absolute Gasteiger partial charge is 0.376 e. The Hall–Kier alpha value is -2.80. The van der Waals surface area contributed by atoms with E-state index in [1.54, 1.807) is 18.2 Å². The molecule has 1 atom stereocenters. The normalized spacial score (nSPS) is 16.9. The first-order chi connectivity index (χ1) is 12.6. The molecule has 1 amide bonds. The summed E-state index contributed by atoms with van der Waals surface area (Å²) in [4.78, 5) is 12.4. The number of rotatable bonds is 4. The van der Waals surface area contributed by atoms with Gasteiger partial charge in [0.1, 0.15) is 11.3 Å². The summed E-state index contributed by atoms with van der Waals surface area (Å²) in [5.41, 5.74) is 1.29. The second kappa shape index (κ2) is 6.84. The molecule has 134 valence electrons. The summed E-state index contributed by atoms with van der Waals surface area (Å²) in [7, 11) is 0. The molecule has 1 unspecified atom stereocenters. The Kier molecular flexibility index (Phi) is 4.38. The molecule has 1 saturated heterocycles. The molecular weight excluding hydrogens is 340 g/mol. The molecule has 0 radical (unpaired) electrons. The van der Waals surface area contributed by atoms with E-state index >= 15 is 0 Å². The second-order valence-electron chi connectivity index (χ2n) is 6.31. The summed E-state index contributed by atoms with van der Waals surface area (Å²) in [6.45, 7) is 1.09. The average molecular weight is 357 g/mol. The average Bonchev–Trinajstić information content (AvgIpc) is 3.29. The monoisotopic (exact) mass is 357 g/mol. The van der Waals surface area contributed by atoms with Crippen LogP contribution in [0.15, 0.2) is 36.4 Å². The number of aromatic amines is 1. The van der Waals surface area contributed by atoms with Crippen molar-refractivity contribution in [1.82, 2.24) is 15.5 Å². The summed E-state index contributed by atoms with van der Waals surface area (Å²) in [5.74, 6) is -1.40. The minimum Gasteiger partial charge on any atom is -0.376 e. The molecule has 1 aliphatic rings. The van der Waals surface area contributed by atoms with Crippen LogP contribution in [0.2, 0.25) is 0 Å². The SMILES string of the molecule is O=C(NCC1CCCO1)c1cc(F)c2n[nH]c(-c3cccc(F)c3)c2c1. The van der Waals surface area contributed by atoms with E-state index in [-0.39, 0.29) is 23.1 Å². The number of fused-ring (bicyclic) bond motifs is 1. The zero-order valence-electron chi connectivity index (χ0n) is 13.9. The van der Waals surface area contributed by atoms with Crippen LogP contribution in [0.1, 0.15) is 23.2 Å². The number of ether oxygens (including phenoxy) is 1. The van der Waals surface area contributed by atoms with Crippen LogP contribution in [-0.2, 0) is 4.74 Å². The lowest BCUT2D eigenvalue weighted by molar-refractivity contribution is 0.0857. The van der Waals surface area contributed by atoms with Crippen LogP contribution in [0.4, 0.5) is 8.78 Å². The summed E-state index contributed by atoms with van der Waals surface area (Å²) < 4.78 is 33.4. The zero-order valence-corrected chi connectivity index (χ0v) is 13.9. The van der Waals surface area contributed by atoms with Gasteiger partial charge in [-0.1, -0.05) is 12.1 Å². The highest BCUT2D eigenvalue weighted by molar-refractivity contribution is 6.01. The lowest BCUT2D eigenvalue weighted by atomic mass is 10.0. The summed E-state index contributed by atoms with van der Waals surface area (Å²) in [6, 6.07) is 8.63. The van der Waals surface area contributed by atoms with Gasteiger partial charge in [0.2, 0.25) is 0 Å². The maximum absolute atomic E-state index is 14.4. The number of aromatic nitrogens is 2. The summed E-state index contributed by atoms with van der Waals surface area (Å²) in [5, 5.41) is 9.89. The third kappa shape index (κ3) is 3.17. The van der Waals surface area contributed by atoms with Crippen LogP contribution in [-0.4, -0.2) is 35.4 Å². The third-order valence-corrected chi connectivity index (χ3v) is 4.50. The van der Waals surface area contributed by atoms with Gasteiger partial charge in [-0.3, -0.25) is 9.89 Å². The van der Waals surface area contributed by atoms with Crippen molar-refractivity contribution in [2.24, 2.45) is 0 Å². The van der Waals surface area contributed by atoms with Crippen molar-refractivity contribution in [2.75, 3.05) is 13.2 Å². The Bertz CT molecular complexity index is 965. The van der Waals surface area contributed by atoms with Gasteiger partial charge in [-0.15, -0.1) is 0 Å². The first-order valence-electron chi connectivity index (χ1n) is 8.45. The topological polar surface area (TPSA) is 67.0 Å². The van der Waals surface area contributed by atoms with Crippen molar-refractivity contribution in [3.05, 3.63) is 53.6 Å². The summed E-state index contributed by atoms with van der Waals surface area (Å²) >= 11 is 0. The molecule has 7 heteroatoms. The van der Waals surface area contributed by atoms with E-state index in [9.17, 15) is 13.6 Å². The Labute approximate surface area is 148 Å². The van der Waals surface area contributed by atoms with Gasteiger partial charge in [-0.25, -0.2) is 8.78 Å². The molecule has 2 heterocycles. The second-order valence-corrected chi connectivity index (χ2v) is 6.31. The standard InChI is InChI=1S/C19H17F2N3O2/c20-13-4-1-3-11(7-13)17-15-8-12(9-16(21)18(15)24-23-17)19(25)22-10-14-5-2-6-26-14/h1,3-4,7-9,14H,2,5-6,10H2,(H,22,25)(H,23,24). The van der Waals surface area contributed by atoms with Crippen LogP contribution < -0.4 is 5.32 Å². The van der Waals surface area contributed by atoms with Crippen LogP contribution in [0.3, 0.4) is 0 Å². The lowest BCUT2D eigenvalue weighted by Crippen LogP contribution is -2.31. The quantitative estimate of drug-likeness (QED) is 0.752. The van der Waals surface area contributed by atoms with Gasteiger partial charge < -0.3 is 10.1 Å². The maximum Gasteiger partial charge on any atom is 0.251 e. The van der Waals surface area contributed by atoms with E-state index < -0.39 is 11.6 Å². The molecule has 0 spiro atoms. The van der Waals surface area contributed by atoms with Crippen molar-refractivity contribution in [3.8, 4) is 11.3 Å². The Morgan fingerprint density at radius 3 is 2.96 bits per heavy atom. The molecule has 4 rings (SSSR count). The molecule has 26 heavy (non-hydrogen) atoms. The van der Waals surface area contributed by atoms with Gasteiger partial charge in [0.25, 0.3) is 5.91 Å². The molecule has 3 aromatic rings. The zero-order chi connectivity index (χ0) is 18.1. The third-order valence-electron chi connectivity index (χ3n) is 4.50. The number of hydrogen-bond donors (Lipinski definition) is 2. The summed E-state index contributed by atoms with van der Waals surface area (Å²) in [6.07, 6.45) is 1.89. The number of hydrogen-bond acceptors (Lipinski definition) is 3. The number of nitrogens with one attached hydrogen (secondary N) is 2. The van der Waals surface area contributed by atoms with Gasteiger partial charge in [0.05, 0.1) is 11.8 Å². The molecule has 0 bridgehead atoms. The highest BCUT2D eigenvalue weighted by Crippen LogP contribution is 2.29. The first kappa shape index (κ1) is 16.7. The van der Waals surface area contributed by atoms with Crippen molar-refractivity contribution < 1.29 is 18.3 Å². The number of halogens is 2. The minimum atomic E-state index is -0.608. The Morgan fingerprint density at radius 1 is 1.31 bits per heavy atom. The fourth-order valence-corrected chi connectivity index (χ4v) is 3.18. The molecule has 5 nitrogen and oxygen atoms in total. The predicted octanol–water partition coefficient (Wildman–Crippen LogP) is 3.42. The fraction of sp³-hybridized carbons (Fsp3) is 0.263. The Balaban J connectivity index is 1.66. The van der Waals surface area contributed by atoms with E-state index in [2.05, 4.69) is 15.5 Å². The number of amides is 1. The van der Waals surface area contributed by atoms with Gasteiger partial charge in [0.15, 0.2) is 5.82 Å². The molecule has 0 aliphatic carbocycles. The van der Waals surface area contributed by atoms with E-state index in [0.717, 1.165) is 18.9 Å². The van der Waals surface area contributed by atoms with Gasteiger partial charge in [-0.2, -0.15) is 5.10 Å². The highest BCUT2D eigenvalue weighted by atomic mass is 19.1. The fourth-order valence-electron chi connectivity index (χ4n) is 3.18. The first-order valence-corrected chi connectivity index (χ1v) is 8.45. The number of nitrogens with zero attached hydrogens (tertiary/aromatic N) is 1. The maximum atomic E-state index is 14.4. The molecule has 1 aliphatic heterocycles. The number of carbonyl (C=O) groups excluding carboxylic acids is 1. The molecular formula is C19H17F2N3O2. The van der Waals surface area contributed by atoms with Crippen molar-refractivity contribution in [1.29, 1.82) is 0 Å². The van der Waals surface area contributed by atoms with Crippen LogP contribution in [0.5, 0.6) is 0 Å². The molecule has 2 N–H and O–H groups in total. The predicted molar refractivity (Wildman–Crippen MR) is 92.8 cm³/mol. The smallest absolute Gasteiger partial charge is 0.251 e. The molecule has 1 aromatic heterocycles. The molecule has 1 fully saturated rings. The van der Waals surface area contributed by atoms with Crippen LogP contribution >= 0.6 is 0 Å². The van der Waals surface area contributed by atoms with E-state index in [1.165, 1.54) is 12.1 Å². The van der Waals surface area contributed by atoms with Gasteiger partial charge in [0, 0.05) is 29.7 Å². The molecule has 0 saturated carbocycles. The van der Waals surface area contributed by atoms with E-state index in [1.807, 2.05) is 0 Å². The van der Waals surface area contributed by atoms with Gasteiger partial charge in [-0.05, 0) is 37.1 Å². The lowest BCUT2D eigenvalue weighted by Gasteiger charge is -2.11. The Morgan fingerprint density at radius 2 is 2.19 bits per heavy atom. The number of carbonyl (C=O) groups is 1. The molecule has 2 aromatic carbocycles. The van der Waals surface area contributed by atoms with Gasteiger partial charge >= 0.3 is 0 Å². The van der Waals surface area contributed by atoms with E-state index in [4.69, 9.17) is 4.74 Å². The highest BCUT2D eigenvalue weighted by Gasteiger charge is 2.19. The van der Waals surface area contributed by atoms with Crippen molar-refractivity contribution in [3.63, 3.8) is 0 Å². The van der Waals surface area contributed by atoms with E-state index in [0.29, 0.717) is 29.8 Å². The minimum absolute atomic E-state index is 0.00399. The van der Waals surface area contributed by atoms with Crippen molar-refractivity contribution in [2.45, 2.75) is 18.9 Å². The number of benzene rings is 2.